The predicted molar refractivity (Wildman–Crippen MR) is 90.8 cm³/mol. The highest BCUT2D eigenvalue weighted by Gasteiger charge is 2.14. The van der Waals surface area contributed by atoms with E-state index in [9.17, 15) is 0 Å². The van der Waals surface area contributed by atoms with E-state index in [-0.39, 0.29) is 0 Å². The lowest BCUT2D eigenvalue weighted by atomic mass is 10.2. The fourth-order valence-electron chi connectivity index (χ4n) is 2.35. The van der Waals surface area contributed by atoms with Gasteiger partial charge in [-0.3, -0.25) is 0 Å². The number of ether oxygens (including phenoxy) is 1. The summed E-state index contributed by atoms with van der Waals surface area (Å²) in [5, 5.41) is 14.1. The van der Waals surface area contributed by atoms with Crippen LogP contribution in [0.25, 0.3) is 26.9 Å². The van der Waals surface area contributed by atoms with Gasteiger partial charge in [0.15, 0.2) is 5.82 Å². The predicted octanol–water partition coefficient (Wildman–Crippen LogP) is 3.84. The van der Waals surface area contributed by atoms with Crippen molar-refractivity contribution in [2.75, 3.05) is 7.11 Å². The summed E-state index contributed by atoms with van der Waals surface area (Å²) in [5.74, 6) is 1.55. The Balaban J connectivity index is 1.78. The molecule has 4 aromatic rings. The molecule has 0 unspecified atom stereocenters. The molecule has 0 saturated heterocycles. The molecule has 0 saturated carbocycles. The number of aryl methyl sites for hydroxylation is 1. The zero-order chi connectivity index (χ0) is 15.8. The van der Waals surface area contributed by atoms with Gasteiger partial charge >= 0.3 is 0 Å². The van der Waals surface area contributed by atoms with Gasteiger partial charge in [0, 0.05) is 11.1 Å². The molecular weight excluding hydrogens is 308 g/mol. The lowest BCUT2D eigenvalue weighted by Crippen LogP contribution is -1.91. The van der Waals surface area contributed by atoms with Gasteiger partial charge in [0.25, 0.3) is 0 Å². The number of methoxy groups -OCH3 is 1. The molecule has 6 heteroatoms. The Morgan fingerprint density at radius 2 is 1.61 bits per heavy atom. The molecule has 2 aromatic carbocycles. The van der Waals surface area contributed by atoms with Crippen LogP contribution in [0.4, 0.5) is 0 Å². The van der Waals surface area contributed by atoms with Crippen LogP contribution in [0.5, 0.6) is 5.75 Å². The quantitative estimate of drug-likeness (QED) is 0.575. The highest BCUT2D eigenvalue weighted by atomic mass is 32.1. The number of benzene rings is 2. The fourth-order valence-corrected chi connectivity index (χ4v) is 3.19. The molecule has 0 N–H and O–H groups in total. The summed E-state index contributed by atoms with van der Waals surface area (Å²) >= 11 is 1.53. The molecule has 0 aliphatic rings. The first-order valence-corrected chi connectivity index (χ1v) is 8.00. The van der Waals surface area contributed by atoms with Crippen molar-refractivity contribution in [2.45, 2.75) is 6.92 Å². The average molecular weight is 322 g/mol. The second-order valence-corrected chi connectivity index (χ2v) is 6.18. The smallest absolute Gasteiger partial charge is 0.235 e. The van der Waals surface area contributed by atoms with Gasteiger partial charge in [-0.05, 0) is 31.2 Å². The van der Waals surface area contributed by atoms with E-state index in [0.29, 0.717) is 0 Å². The zero-order valence-electron chi connectivity index (χ0n) is 12.7. The first-order chi connectivity index (χ1) is 11.2. The summed E-state index contributed by atoms with van der Waals surface area (Å²) < 4.78 is 6.98. The van der Waals surface area contributed by atoms with Crippen LogP contribution in [0.15, 0.2) is 48.5 Å². The van der Waals surface area contributed by atoms with E-state index < -0.39 is 0 Å². The van der Waals surface area contributed by atoms with Crippen molar-refractivity contribution in [3.63, 3.8) is 0 Å². The van der Waals surface area contributed by atoms with Crippen LogP contribution >= 0.6 is 11.3 Å². The van der Waals surface area contributed by atoms with E-state index in [1.807, 2.05) is 24.3 Å². The molecule has 0 radical (unpaired) electrons. The van der Waals surface area contributed by atoms with Crippen molar-refractivity contribution >= 4 is 16.3 Å². The standard InChI is InChI=1S/C17H14N4OS/c1-11-3-5-13(6-4-11)16-20-21-15(18-19-17(21)23-16)12-7-9-14(22-2)10-8-12/h3-10H,1-2H3. The minimum Gasteiger partial charge on any atom is -0.497 e. The average Bonchev–Trinajstić information content (AvgIpc) is 3.16. The molecule has 0 atom stereocenters. The number of hydrogen-bond donors (Lipinski definition) is 0. The Labute approximate surface area is 137 Å². The highest BCUT2D eigenvalue weighted by Crippen LogP contribution is 2.28. The van der Waals surface area contributed by atoms with Crippen molar-refractivity contribution in [3.05, 3.63) is 54.1 Å². The number of fused-ring (bicyclic) bond motifs is 1. The first-order valence-electron chi connectivity index (χ1n) is 7.18. The lowest BCUT2D eigenvalue weighted by molar-refractivity contribution is 0.415. The summed E-state index contributed by atoms with van der Waals surface area (Å²) in [6.07, 6.45) is 0. The second kappa shape index (κ2) is 5.48. The molecule has 5 nitrogen and oxygen atoms in total. The van der Waals surface area contributed by atoms with Gasteiger partial charge in [-0.15, -0.1) is 10.2 Å². The van der Waals surface area contributed by atoms with Crippen molar-refractivity contribution in [2.24, 2.45) is 0 Å². The van der Waals surface area contributed by atoms with E-state index in [1.165, 1.54) is 16.9 Å². The van der Waals surface area contributed by atoms with Crippen LogP contribution in [0, 0.1) is 6.92 Å². The third kappa shape index (κ3) is 2.47. The molecule has 0 aliphatic carbocycles. The summed E-state index contributed by atoms with van der Waals surface area (Å²) in [6.45, 7) is 2.07. The first kappa shape index (κ1) is 13.9. The Morgan fingerprint density at radius 3 is 2.30 bits per heavy atom. The molecule has 114 valence electrons. The second-order valence-electron chi connectivity index (χ2n) is 5.22. The molecule has 4 rings (SSSR count). The van der Waals surface area contributed by atoms with Crippen LogP contribution < -0.4 is 4.74 Å². The molecule has 23 heavy (non-hydrogen) atoms. The maximum Gasteiger partial charge on any atom is 0.235 e. The Kier molecular flexibility index (Phi) is 3.31. The van der Waals surface area contributed by atoms with E-state index in [2.05, 4.69) is 46.5 Å². The van der Waals surface area contributed by atoms with Crippen molar-refractivity contribution in [1.29, 1.82) is 0 Å². The molecule has 2 aromatic heterocycles. The van der Waals surface area contributed by atoms with Crippen LogP contribution in [0.2, 0.25) is 0 Å². The third-order valence-corrected chi connectivity index (χ3v) is 4.59. The van der Waals surface area contributed by atoms with Crippen molar-refractivity contribution in [1.82, 2.24) is 19.8 Å². The molecular formula is C17H14N4OS. The van der Waals surface area contributed by atoms with E-state index in [1.54, 1.807) is 11.6 Å². The zero-order valence-corrected chi connectivity index (χ0v) is 13.5. The summed E-state index contributed by atoms with van der Waals surface area (Å²) in [5.41, 5.74) is 3.28. The van der Waals surface area contributed by atoms with E-state index >= 15 is 0 Å². The normalized spacial score (nSPS) is 11.0. The van der Waals surface area contributed by atoms with Crippen LogP contribution in [-0.2, 0) is 0 Å². The molecule has 0 aliphatic heterocycles. The van der Waals surface area contributed by atoms with Gasteiger partial charge in [0.1, 0.15) is 10.8 Å². The monoisotopic (exact) mass is 322 g/mol. The number of hydrogen-bond acceptors (Lipinski definition) is 5. The molecule has 0 amide bonds. The number of nitrogens with zero attached hydrogens (tertiary/aromatic N) is 4. The van der Waals surface area contributed by atoms with Gasteiger partial charge in [-0.2, -0.15) is 9.61 Å². The molecule has 2 heterocycles. The molecule has 0 fully saturated rings. The summed E-state index contributed by atoms with van der Waals surface area (Å²) in [7, 11) is 1.65. The van der Waals surface area contributed by atoms with Gasteiger partial charge in [-0.1, -0.05) is 41.2 Å². The van der Waals surface area contributed by atoms with E-state index in [4.69, 9.17) is 4.74 Å². The fraction of sp³-hybridized carbons (Fsp3) is 0.118. The van der Waals surface area contributed by atoms with Gasteiger partial charge in [0.05, 0.1) is 7.11 Å². The van der Waals surface area contributed by atoms with Crippen LogP contribution in [-0.4, -0.2) is 26.9 Å². The Bertz CT molecular complexity index is 955. The van der Waals surface area contributed by atoms with Crippen LogP contribution in [0.3, 0.4) is 0 Å². The van der Waals surface area contributed by atoms with Gasteiger partial charge < -0.3 is 4.74 Å². The SMILES string of the molecule is COc1ccc(-c2nnc3sc(-c4ccc(C)cc4)nn23)cc1. The number of aromatic nitrogens is 4. The van der Waals surface area contributed by atoms with Crippen LogP contribution in [0.1, 0.15) is 5.56 Å². The summed E-state index contributed by atoms with van der Waals surface area (Å²) in [4.78, 5) is 0.784. The van der Waals surface area contributed by atoms with Crippen molar-refractivity contribution in [3.8, 4) is 27.7 Å². The Hall–Kier alpha value is -2.73. The Morgan fingerprint density at radius 1 is 0.913 bits per heavy atom. The lowest BCUT2D eigenvalue weighted by Gasteiger charge is -2.00. The largest absolute Gasteiger partial charge is 0.497 e. The number of rotatable bonds is 3. The van der Waals surface area contributed by atoms with Gasteiger partial charge in [-0.25, -0.2) is 0 Å². The highest BCUT2D eigenvalue weighted by molar-refractivity contribution is 7.19. The maximum absolute atomic E-state index is 5.19. The van der Waals surface area contributed by atoms with Gasteiger partial charge in [0.2, 0.25) is 4.96 Å². The third-order valence-electron chi connectivity index (χ3n) is 3.64. The maximum atomic E-state index is 5.19. The molecule has 0 bridgehead atoms. The minimum absolute atomic E-state index is 0.734. The topological polar surface area (TPSA) is 52.3 Å². The molecule has 0 spiro atoms. The minimum atomic E-state index is 0.734. The summed E-state index contributed by atoms with van der Waals surface area (Å²) in [6, 6.07) is 16.1. The van der Waals surface area contributed by atoms with Crippen molar-refractivity contribution < 1.29 is 4.74 Å². The van der Waals surface area contributed by atoms with E-state index in [0.717, 1.165) is 32.7 Å².